The van der Waals surface area contributed by atoms with Crippen molar-refractivity contribution in [1.82, 2.24) is 0 Å². The fourth-order valence-corrected chi connectivity index (χ4v) is 5.89. The molecule has 1 saturated carbocycles. The Morgan fingerprint density at radius 3 is 2.73 bits per heavy atom. The highest BCUT2D eigenvalue weighted by Crippen LogP contribution is 2.61. The molecule has 5 heterocycles. The number of hydrogen-bond acceptors (Lipinski definition) is 10. The van der Waals surface area contributed by atoms with Crippen LogP contribution in [0.5, 0.6) is 0 Å². The summed E-state index contributed by atoms with van der Waals surface area (Å²) in [6.45, 7) is 7.08. The van der Waals surface area contributed by atoms with Gasteiger partial charge in [0.15, 0.2) is 0 Å². The van der Waals surface area contributed by atoms with Crippen molar-refractivity contribution in [3.63, 3.8) is 0 Å². The van der Waals surface area contributed by atoms with Gasteiger partial charge in [-0.1, -0.05) is 6.58 Å². The second kappa shape index (κ2) is 6.46. The van der Waals surface area contributed by atoms with E-state index in [-0.39, 0.29) is 17.7 Å². The molecule has 0 aromatic carbocycles. The summed E-state index contributed by atoms with van der Waals surface area (Å²) in [7, 11) is 1.27. The topological polar surface area (TPSA) is 137 Å². The molecule has 1 aromatic rings. The Labute approximate surface area is 188 Å². The Morgan fingerprint density at radius 1 is 1.30 bits per heavy atom. The van der Waals surface area contributed by atoms with E-state index in [4.69, 9.17) is 28.1 Å². The Balaban J connectivity index is 1.47. The van der Waals surface area contributed by atoms with Crippen LogP contribution >= 0.6 is 0 Å². The second-order valence-corrected chi connectivity index (χ2v) is 9.69. The first-order valence-corrected chi connectivity index (χ1v) is 10.9. The second-order valence-electron chi connectivity index (χ2n) is 9.69. The lowest BCUT2D eigenvalue weighted by atomic mass is 9.62. The molecule has 3 saturated heterocycles. The number of epoxide rings is 2. The largest absolute Gasteiger partial charge is 0.465 e. The van der Waals surface area contributed by atoms with Crippen LogP contribution in [-0.2, 0) is 33.3 Å². The Hall–Kier alpha value is -2.69. The molecule has 4 bridgehead atoms. The van der Waals surface area contributed by atoms with Crippen molar-refractivity contribution >= 4 is 17.9 Å². The normalized spacial score (nSPS) is 44.4. The van der Waals surface area contributed by atoms with Gasteiger partial charge < -0.3 is 33.2 Å². The molecule has 4 aliphatic heterocycles. The minimum Gasteiger partial charge on any atom is -0.465 e. The molecule has 9 atom stereocenters. The minimum absolute atomic E-state index is 0.145. The molecule has 5 aliphatic rings. The fraction of sp³-hybridized carbons (Fsp3) is 0.609. The summed E-state index contributed by atoms with van der Waals surface area (Å²) in [5.74, 6) is -2.14. The monoisotopic (exact) mass is 460 g/mol. The van der Waals surface area contributed by atoms with Crippen LogP contribution in [0.15, 0.2) is 22.6 Å². The Morgan fingerprint density at radius 2 is 2.06 bits per heavy atom. The van der Waals surface area contributed by atoms with Gasteiger partial charge in [0.25, 0.3) is 0 Å². The molecule has 1 N–H and O–H groups in total. The van der Waals surface area contributed by atoms with Crippen LogP contribution < -0.4 is 0 Å². The van der Waals surface area contributed by atoms with Gasteiger partial charge in [-0.15, -0.1) is 0 Å². The molecule has 6 rings (SSSR count). The standard InChI is InChI=1S/C23H24O10/c1-8-10-6-14(29-9(2)24)23-19(33-23)13(31-21(23)27)7-22(3)18(32-22)12-5-11(20(26)28-4)17(30-12)15(10)16(8)25/h5,10,13-16,18-19,25H,1,6-7H2,2-4H3/t10-,13-,14+,15+,16-,18+,19-,22+,23-/m0/s1. The van der Waals surface area contributed by atoms with E-state index in [2.05, 4.69) is 6.58 Å². The van der Waals surface area contributed by atoms with Crippen molar-refractivity contribution in [2.75, 3.05) is 7.11 Å². The number of rotatable bonds is 2. The molecule has 4 fully saturated rings. The van der Waals surface area contributed by atoms with Crippen LogP contribution in [0.2, 0.25) is 0 Å². The lowest BCUT2D eigenvalue weighted by Gasteiger charge is -2.44. The van der Waals surface area contributed by atoms with Crippen LogP contribution in [0.3, 0.4) is 0 Å². The minimum atomic E-state index is -1.39. The van der Waals surface area contributed by atoms with Crippen molar-refractivity contribution in [1.29, 1.82) is 0 Å². The van der Waals surface area contributed by atoms with Crippen molar-refractivity contribution in [3.05, 3.63) is 35.3 Å². The molecule has 176 valence electrons. The number of carbonyl (C=O) groups excluding carboxylic acids is 3. The highest BCUT2D eigenvalue weighted by atomic mass is 16.7. The van der Waals surface area contributed by atoms with Crippen LogP contribution in [0, 0.1) is 5.92 Å². The molecular weight excluding hydrogens is 436 g/mol. The van der Waals surface area contributed by atoms with Crippen LogP contribution in [0.25, 0.3) is 0 Å². The smallest absolute Gasteiger partial charge is 0.345 e. The van der Waals surface area contributed by atoms with E-state index >= 15 is 0 Å². The van der Waals surface area contributed by atoms with Crippen LogP contribution in [-0.4, -0.2) is 65.7 Å². The number of carbonyl (C=O) groups is 3. The summed E-state index contributed by atoms with van der Waals surface area (Å²) in [6, 6.07) is 1.58. The maximum Gasteiger partial charge on any atom is 0.345 e. The number of aliphatic hydroxyl groups excluding tert-OH is 1. The van der Waals surface area contributed by atoms with Gasteiger partial charge in [0, 0.05) is 13.3 Å². The summed E-state index contributed by atoms with van der Waals surface area (Å²) in [5, 5.41) is 10.8. The molecular formula is C23H24O10. The SMILES string of the molecule is C=C1[C@H](O)[C@@H]2c3oc(cc3C(=O)OC)[C@H]3O[C@]3(C)C[C@@H]3OC(=O)[C@]4(O[C@@H]34)[C@H](OC(C)=O)C[C@@H]12. The first kappa shape index (κ1) is 20.9. The van der Waals surface area contributed by atoms with Crippen molar-refractivity contribution < 1.29 is 47.6 Å². The average molecular weight is 460 g/mol. The van der Waals surface area contributed by atoms with Gasteiger partial charge in [-0.3, -0.25) is 4.79 Å². The van der Waals surface area contributed by atoms with Crippen LogP contribution in [0.4, 0.5) is 0 Å². The number of fused-ring (bicyclic) bond motifs is 6. The third-order valence-corrected chi connectivity index (χ3v) is 7.72. The maximum absolute atomic E-state index is 12.9. The van der Waals surface area contributed by atoms with Crippen molar-refractivity contribution in [3.8, 4) is 0 Å². The zero-order chi connectivity index (χ0) is 23.4. The van der Waals surface area contributed by atoms with E-state index < -0.39 is 71.5 Å². The molecule has 1 aliphatic carbocycles. The number of esters is 3. The number of aliphatic hydroxyl groups is 1. The third-order valence-electron chi connectivity index (χ3n) is 7.72. The van der Waals surface area contributed by atoms with Gasteiger partial charge in [0.05, 0.1) is 19.1 Å². The number of furan rings is 1. The van der Waals surface area contributed by atoms with Crippen molar-refractivity contribution in [2.45, 2.75) is 74.3 Å². The van der Waals surface area contributed by atoms with Gasteiger partial charge >= 0.3 is 17.9 Å². The van der Waals surface area contributed by atoms with E-state index in [9.17, 15) is 19.5 Å². The van der Waals surface area contributed by atoms with Crippen molar-refractivity contribution in [2.24, 2.45) is 5.92 Å². The number of ether oxygens (including phenoxy) is 5. The predicted molar refractivity (Wildman–Crippen MR) is 106 cm³/mol. The third kappa shape index (κ3) is 2.68. The quantitative estimate of drug-likeness (QED) is 0.298. The molecule has 10 nitrogen and oxygen atoms in total. The summed E-state index contributed by atoms with van der Waals surface area (Å²) < 4.78 is 34.0. The number of hydrogen-bond donors (Lipinski definition) is 1. The summed E-state index contributed by atoms with van der Waals surface area (Å²) in [5.41, 5.74) is -1.41. The maximum atomic E-state index is 12.9. The van der Waals surface area contributed by atoms with E-state index in [1.165, 1.54) is 14.0 Å². The average Bonchev–Trinajstić information content (AvgIpc) is 3.59. The molecule has 0 unspecified atom stereocenters. The highest BCUT2D eigenvalue weighted by Gasteiger charge is 2.79. The Bertz CT molecular complexity index is 1100. The number of methoxy groups -OCH3 is 1. The van der Waals surface area contributed by atoms with Gasteiger partial charge in [0.2, 0.25) is 5.60 Å². The fourth-order valence-electron chi connectivity index (χ4n) is 5.89. The predicted octanol–water partition coefficient (Wildman–Crippen LogP) is 1.32. The first-order chi connectivity index (χ1) is 15.6. The summed E-state index contributed by atoms with van der Waals surface area (Å²) >= 11 is 0. The molecule has 1 aromatic heterocycles. The van der Waals surface area contributed by atoms with Gasteiger partial charge in [-0.25, -0.2) is 9.59 Å². The molecule has 33 heavy (non-hydrogen) atoms. The highest BCUT2D eigenvalue weighted by molar-refractivity contribution is 5.91. The Kier molecular flexibility index (Phi) is 4.09. The van der Waals surface area contributed by atoms with E-state index in [0.717, 1.165) is 0 Å². The van der Waals surface area contributed by atoms with Gasteiger partial charge in [-0.05, 0) is 30.9 Å². The zero-order valence-corrected chi connectivity index (χ0v) is 18.4. The lowest BCUT2D eigenvalue weighted by Crippen LogP contribution is -2.48. The van der Waals surface area contributed by atoms with Crippen LogP contribution in [0.1, 0.15) is 60.6 Å². The van der Waals surface area contributed by atoms with E-state index in [1.54, 1.807) is 6.07 Å². The first-order valence-electron chi connectivity index (χ1n) is 10.9. The van der Waals surface area contributed by atoms with E-state index in [1.807, 2.05) is 6.92 Å². The molecule has 0 radical (unpaired) electrons. The molecule has 0 amide bonds. The molecule has 0 spiro atoms. The molecule has 10 heteroatoms. The summed E-state index contributed by atoms with van der Waals surface area (Å²) in [4.78, 5) is 37.4. The van der Waals surface area contributed by atoms with Gasteiger partial charge in [-0.2, -0.15) is 0 Å². The van der Waals surface area contributed by atoms with Gasteiger partial charge in [0.1, 0.15) is 47.1 Å². The summed E-state index contributed by atoms with van der Waals surface area (Å²) in [6.07, 6.45) is -3.05. The zero-order valence-electron chi connectivity index (χ0n) is 18.4. The lowest BCUT2D eigenvalue weighted by molar-refractivity contribution is -0.166. The van der Waals surface area contributed by atoms with E-state index in [0.29, 0.717) is 17.8 Å².